The maximum atomic E-state index is 9.85. The zero-order chi connectivity index (χ0) is 17.5. The topological polar surface area (TPSA) is 66.0 Å². The molecule has 0 aromatic heterocycles. The fraction of sp³-hybridized carbons (Fsp3) is 0.882. The summed E-state index contributed by atoms with van der Waals surface area (Å²) in [6.45, 7) is 12.9. The summed E-state index contributed by atoms with van der Waals surface area (Å²) in [5, 5.41) is 19.7. The van der Waals surface area contributed by atoms with Gasteiger partial charge in [0, 0.05) is 11.8 Å². The van der Waals surface area contributed by atoms with Gasteiger partial charge in [-0.25, -0.2) is 0 Å². The van der Waals surface area contributed by atoms with Crippen LogP contribution in [0.15, 0.2) is 0 Å². The molecular formula is C17H30N2O2Si2. The smallest absolute Gasteiger partial charge is 0.185 e. The van der Waals surface area contributed by atoms with E-state index in [9.17, 15) is 10.5 Å². The van der Waals surface area contributed by atoms with E-state index in [4.69, 9.17) is 8.85 Å². The molecule has 0 saturated heterocycles. The lowest BCUT2D eigenvalue weighted by molar-refractivity contribution is -0.0869. The third-order valence-electron chi connectivity index (χ3n) is 4.97. The third kappa shape index (κ3) is 3.88. The summed E-state index contributed by atoms with van der Waals surface area (Å²) in [4.78, 5) is 0. The van der Waals surface area contributed by atoms with Gasteiger partial charge in [0.1, 0.15) is 11.2 Å². The monoisotopic (exact) mass is 350 g/mol. The minimum Gasteiger partial charge on any atom is -0.400 e. The molecule has 4 unspecified atom stereocenters. The molecule has 0 spiro atoms. The van der Waals surface area contributed by atoms with Crippen molar-refractivity contribution < 1.29 is 8.85 Å². The van der Waals surface area contributed by atoms with E-state index >= 15 is 0 Å². The highest BCUT2D eigenvalue weighted by Gasteiger charge is 2.56. The van der Waals surface area contributed by atoms with Crippen LogP contribution < -0.4 is 0 Å². The van der Waals surface area contributed by atoms with Crippen molar-refractivity contribution in [3.05, 3.63) is 0 Å². The summed E-state index contributed by atoms with van der Waals surface area (Å²) in [5.41, 5.74) is -1.27. The largest absolute Gasteiger partial charge is 0.400 e. The van der Waals surface area contributed by atoms with Crippen molar-refractivity contribution in [2.24, 2.45) is 11.8 Å². The van der Waals surface area contributed by atoms with Gasteiger partial charge >= 0.3 is 0 Å². The van der Waals surface area contributed by atoms with Crippen LogP contribution in [0.4, 0.5) is 0 Å². The molecule has 0 aliphatic heterocycles. The lowest BCUT2D eigenvalue weighted by Crippen LogP contribution is -2.58. The average Bonchev–Trinajstić information content (AvgIpc) is 2.41. The normalized spacial score (nSPS) is 37.7. The van der Waals surface area contributed by atoms with Gasteiger partial charge in [0.05, 0.1) is 12.1 Å². The molecule has 2 aliphatic carbocycles. The van der Waals surface area contributed by atoms with Gasteiger partial charge in [-0.2, -0.15) is 10.5 Å². The van der Waals surface area contributed by atoms with E-state index in [1.54, 1.807) is 0 Å². The first-order chi connectivity index (χ1) is 10.5. The molecule has 0 heterocycles. The Bertz CT molecular complexity index is 493. The molecule has 0 aromatic carbocycles. The van der Waals surface area contributed by atoms with E-state index in [0.29, 0.717) is 0 Å². The van der Waals surface area contributed by atoms with Crippen molar-refractivity contribution in [3.8, 4) is 12.1 Å². The number of hydrogen-bond acceptors (Lipinski definition) is 4. The highest BCUT2D eigenvalue weighted by Crippen LogP contribution is 2.53. The zero-order valence-corrected chi connectivity index (χ0v) is 17.4. The Balaban J connectivity index is 2.23. The first kappa shape index (κ1) is 18.7. The van der Waals surface area contributed by atoms with Gasteiger partial charge < -0.3 is 8.85 Å². The molecule has 4 nitrogen and oxygen atoms in total. The van der Waals surface area contributed by atoms with Crippen LogP contribution in [0.5, 0.6) is 0 Å². The van der Waals surface area contributed by atoms with Crippen molar-refractivity contribution >= 4 is 16.6 Å². The Morgan fingerprint density at radius 1 is 0.783 bits per heavy atom. The Kier molecular flexibility index (Phi) is 4.87. The maximum Gasteiger partial charge on any atom is 0.185 e. The lowest BCUT2D eigenvalue weighted by atomic mass is 9.59. The second-order valence-electron chi connectivity index (χ2n) is 9.14. The molecule has 2 aliphatic rings. The van der Waals surface area contributed by atoms with Crippen molar-refractivity contribution in [1.29, 1.82) is 10.5 Å². The average molecular weight is 351 g/mol. The molecule has 0 N–H and O–H groups in total. The van der Waals surface area contributed by atoms with E-state index in [1.807, 2.05) is 0 Å². The molecule has 2 rings (SSSR count). The Labute approximate surface area is 143 Å². The lowest BCUT2D eigenvalue weighted by Gasteiger charge is -2.53. The van der Waals surface area contributed by atoms with E-state index in [-0.39, 0.29) is 11.8 Å². The van der Waals surface area contributed by atoms with E-state index in [0.717, 1.165) is 32.1 Å². The van der Waals surface area contributed by atoms with Gasteiger partial charge in [-0.05, 0) is 71.4 Å². The molecular weight excluding hydrogens is 320 g/mol. The fourth-order valence-electron chi connectivity index (χ4n) is 4.31. The van der Waals surface area contributed by atoms with Gasteiger partial charge in [0.25, 0.3) is 0 Å². The van der Waals surface area contributed by atoms with Gasteiger partial charge in [0.2, 0.25) is 0 Å². The first-order valence-electron chi connectivity index (χ1n) is 8.68. The van der Waals surface area contributed by atoms with Crippen molar-refractivity contribution in [2.75, 3.05) is 0 Å². The summed E-state index contributed by atoms with van der Waals surface area (Å²) < 4.78 is 12.7. The molecule has 128 valence electrons. The first-order valence-corrected chi connectivity index (χ1v) is 15.5. The van der Waals surface area contributed by atoms with Crippen LogP contribution in [0.2, 0.25) is 39.3 Å². The molecule has 0 radical (unpaired) electrons. The van der Waals surface area contributed by atoms with Gasteiger partial charge in [0.15, 0.2) is 16.6 Å². The van der Waals surface area contributed by atoms with Crippen LogP contribution in [0.1, 0.15) is 32.1 Å². The minimum atomic E-state index is -1.79. The van der Waals surface area contributed by atoms with Crippen LogP contribution in [-0.4, -0.2) is 27.8 Å². The summed E-state index contributed by atoms with van der Waals surface area (Å²) in [7, 11) is -3.58. The van der Waals surface area contributed by atoms with Crippen molar-refractivity contribution in [2.45, 2.75) is 82.6 Å². The van der Waals surface area contributed by atoms with Gasteiger partial charge in [-0.3, -0.25) is 0 Å². The highest BCUT2D eigenvalue weighted by atomic mass is 28.4. The molecule has 0 amide bonds. The van der Waals surface area contributed by atoms with Crippen molar-refractivity contribution in [3.63, 3.8) is 0 Å². The summed E-state index contributed by atoms with van der Waals surface area (Å²) in [6.07, 6.45) is 4.07. The number of hydrogen-bond donors (Lipinski definition) is 0. The number of nitrogens with zero attached hydrogens (tertiary/aromatic N) is 2. The van der Waals surface area contributed by atoms with Crippen LogP contribution >= 0.6 is 0 Å². The van der Waals surface area contributed by atoms with Crippen LogP contribution in [0.25, 0.3) is 0 Å². The quantitative estimate of drug-likeness (QED) is 0.704. The van der Waals surface area contributed by atoms with Gasteiger partial charge in [-0.15, -0.1) is 0 Å². The molecule has 4 atom stereocenters. The van der Waals surface area contributed by atoms with Crippen molar-refractivity contribution in [1.82, 2.24) is 0 Å². The third-order valence-corrected chi connectivity index (χ3v) is 6.92. The zero-order valence-electron chi connectivity index (χ0n) is 15.4. The molecule has 2 bridgehead atoms. The highest BCUT2D eigenvalue weighted by molar-refractivity contribution is 6.70. The Morgan fingerprint density at radius 2 is 1.13 bits per heavy atom. The van der Waals surface area contributed by atoms with E-state index in [2.05, 4.69) is 51.4 Å². The second-order valence-corrected chi connectivity index (χ2v) is 18.0. The van der Waals surface area contributed by atoms with Crippen LogP contribution in [0.3, 0.4) is 0 Å². The number of nitriles is 2. The predicted octanol–water partition coefficient (Wildman–Crippen LogP) is 4.42. The number of fused-ring (bicyclic) bond motifs is 2. The van der Waals surface area contributed by atoms with Gasteiger partial charge in [-0.1, -0.05) is 0 Å². The number of rotatable bonds is 4. The molecule has 23 heavy (non-hydrogen) atoms. The van der Waals surface area contributed by atoms with Crippen LogP contribution in [0, 0.1) is 34.5 Å². The molecule has 2 fully saturated rings. The summed E-state index contributed by atoms with van der Waals surface area (Å²) >= 11 is 0. The maximum absolute atomic E-state index is 9.85. The minimum absolute atomic E-state index is 0.240. The fourth-order valence-corrected chi connectivity index (χ4v) is 7.13. The Morgan fingerprint density at radius 3 is 1.39 bits per heavy atom. The summed E-state index contributed by atoms with van der Waals surface area (Å²) in [5.74, 6) is 0.481. The molecule has 0 aromatic rings. The molecule has 6 heteroatoms. The van der Waals surface area contributed by atoms with E-state index in [1.165, 1.54) is 0 Å². The SMILES string of the molecule is C[Si](C)(C)OC1(C#N)CCC2CC1CCC2(C#N)O[Si](C)(C)C. The predicted molar refractivity (Wildman–Crippen MR) is 95.6 cm³/mol. The second kappa shape index (κ2) is 6.00. The Hall–Kier alpha value is -0.666. The van der Waals surface area contributed by atoms with E-state index < -0.39 is 27.8 Å². The molecule has 2 saturated carbocycles. The van der Waals surface area contributed by atoms with Crippen LogP contribution in [-0.2, 0) is 8.85 Å². The standard InChI is InChI=1S/C17H30N2O2Si2/c1-22(2,3)20-16(12-18)9-7-15-11-14(16)8-10-17(15,13-19)21-23(4,5)6/h14-15H,7-11H2,1-6H3. The summed E-state index contributed by atoms with van der Waals surface area (Å²) in [6, 6.07) is 5.04.